The summed E-state index contributed by atoms with van der Waals surface area (Å²) in [5, 5.41) is 4.15. The van der Waals surface area contributed by atoms with Crippen LogP contribution in [0.2, 0.25) is 5.02 Å². The number of halogens is 3. The fourth-order valence-corrected chi connectivity index (χ4v) is 2.44. The van der Waals surface area contributed by atoms with Gasteiger partial charge in [0, 0.05) is 23.2 Å². The summed E-state index contributed by atoms with van der Waals surface area (Å²) in [4.78, 5) is 0. The monoisotopic (exact) mass is 309 g/mol. The molecule has 2 aromatic carbocycles. The van der Waals surface area contributed by atoms with Gasteiger partial charge < -0.3 is 5.32 Å². The summed E-state index contributed by atoms with van der Waals surface area (Å²) >= 11 is 6.01. The third-order valence-electron chi connectivity index (χ3n) is 3.44. The lowest BCUT2D eigenvalue weighted by molar-refractivity contribution is 0.151. The first-order valence-corrected chi connectivity index (χ1v) is 7.33. The molecule has 1 unspecified atom stereocenters. The first-order chi connectivity index (χ1) is 10.1. The smallest absolute Gasteiger partial charge is 0.263 e. The third kappa shape index (κ3) is 4.51. The van der Waals surface area contributed by atoms with Crippen molar-refractivity contribution < 1.29 is 8.78 Å². The number of alkyl halides is 2. The van der Waals surface area contributed by atoms with E-state index in [1.54, 1.807) is 12.1 Å². The molecule has 0 aliphatic heterocycles. The fraction of sp³-hybridized carbons (Fsp3) is 0.294. The molecule has 1 nitrogen and oxygen atoms in total. The van der Waals surface area contributed by atoms with E-state index in [4.69, 9.17) is 11.6 Å². The molecule has 1 atom stereocenters. The first-order valence-electron chi connectivity index (χ1n) is 6.96. The van der Waals surface area contributed by atoms with Gasteiger partial charge in [0.25, 0.3) is 6.43 Å². The molecule has 0 spiro atoms. The van der Waals surface area contributed by atoms with E-state index in [-0.39, 0.29) is 11.6 Å². The number of hydrogen-bond acceptors (Lipinski definition) is 1. The minimum absolute atomic E-state index is 0.0561. The molecule has 0 amide bonds. The molecule has 0 aromatic heterocycles. The Hall–Kier alpha value is -1.45. The predicted molar refractivity (Wildman–Crippen MR) is 82.7 cm³/mol. The topological polar surface area (TPSA) is 12.0 Å². The van der Waals surface area contributed by atoms with Crippen LogP contribution in [0.1, 0.15) is 42.5 Å². The van der Waals surface area contributed by atoms with E-state index in [0.717, 1.165) is 17.5 Å². The van der Waals surface area contributed by atoms with Crippen LogP contribution in [0.5, 0.6) is 0 Å². The summed E-state index contributed by atoms with van der Waals surface area (Å²) in [5.41, 5.74) is 2.18. The van der Waals surface area contributed by atoms with E-state index in [1.165, 1.54) is 12.1 Å². The van der Waals surface area contributed by atoms with Gasteiger partial charge >= 0.3 is 0 Å². The second-order valence-electron chi connectivity index (χ2n) is 4.94. The Bertz CT molecular complexity index is 569. The number of nitrogens with one attached hydrogen (secondary N) is 1. The summed E-state index contributed by atoms with van der Waals surface area (Å²) in [6.45, 7) is 2.73. The molecule has 0 fully saturated rings. The van der Waals surface area contributed by atoms with Crippen LogP contribution in [0.15, 0.2) is 48.5 Å². The number of rotatable bonds is 6. The SMILES string of the molecule is CCC(NCc1ccc(C(F)F)cc1)c1cccc(Cl)c1. The maximum atomic E-state index is 12.5. The highest BCUT2D eigenvalue weighted by Gasteiger charge is 2.10. The fourth-order valence-electron chi connectivity index (χ4n) is 2.24. The minimum atomic E-state index is -2.41. The molecule has 0 saturated carbocycles. The lowest BCUT2D eigenvalue weighted by Crippen LogP contribution is -2.20. The average molecular weight is 310 g/mol. The van der Waals surface area contributed by atoms with Gasteiger partial charge in [-0.05, 0) is 29.7 Å². The van der Waals surface area contributed by atoms with Gasteiger partial charge in [0.2, 0.25) is 0 Å². The molecule has 0 aliphatic rings. The summed E-state index contributed by atoms with van der Waals surface area (Å²) in [7, 11) is 0. The van der Waals surface area contributed by atoms with Crippen molar-refractivity contribution >= 4 is 11.6 Å². The highest BCUT2D eigenvalue weighted by Crippen LogP contribution is 2.22. The first kappa shape index (κ1) is 15.9. The molecule has 0 heterocycles. The standard InChI is InChI=1S/C17H18ClF2N/c1-2-16(14-4-3-5-15(18)10-14)21-11-12-6-8-13(9-7-12)17(19)20/h3-10,16-17,21H,2,11H2,1H3. The van der Waals surface area contributed by atoms with E-state index in [1.807, 2.05) is 24.3 Å². The van der Waals surface area contributed by atoms with Crippen LogP contribution in [0.3, 0.4) is 0 Å². The van der Waals surface area contributed by atoms with Crippen molar-refractivity contribution in [1.82, 2.24) is 5.32 Å². The van der Waals surface area contributed by atoms with Crippen molar-refractivity contribution in [1.29, 1.82) is 0 Å². The maximum absolute atomic E-state index is 12.5. The second kappa shape index (κ2) is 7.53. The Morgan fingerprint density at radius 1 is 1.05 bits per heavy atom. The zero-order valence-electron chi connectivity index (χ0n) is 11.8. The van der Waals surface area contributed by atoms with Crippen LogP contribution in [0.4, 0.5) is 8.78 Å². The van der Waals surface area contributed by atoms with Gasteiger partial charge in [0.15, 0.2) is 0 Å². The molecular weight excluding hydrogens is 292 g/mol. The molecule has 112 valence electrons. The Morgan fingerprint density at radius 2 is 1.76 bits per heavy atom. The highest BCUT2D eigenvalue weighted by atomic mass is 35.5. The van der Waals surface area contributed by atoms with Crippen molar-refractivity contribution in [2.75, 3.05) is 0 Å². The van der Waals surface area contributed by atoms with Crippen molar-refractivity contribution in [3.05, 3.63) is 70.2 Å². The molecular formula is C17H18ClF2N. The highest BCUT2D eigenvalue weighted by molar-refractivity contribution is 6.30. The predicted octanol–water partition coefficient (Wildman–Crippen LogP) is 5.52. The van der Waals surface area contributed by atoms with Crippen molar-refractivity contribution in [3.8, 4) is 0 Å². The van der Waals surface area contributed by atoms with Gasteiger partial charge in [0.1, 0.15) is 0 Å². The zero-order valence-corrected chi connectivity index (χ0v) is 12.6. The summed E-state index contributed by atoms with van der Waals surface area (Å²) in [6.07, 6.45) is -1.49. The summed E-state index contributed by atoms with van der Waals surface area (Å²) < 4.78 is 25.0. The quantitative estimate of drug-likeness (QED) is 0.741. The molecule has 2 rings (SSSR count). The molecule has 0 saturated heterocycles. The normalized spacial score (nSPS) is 12.6. The molecule has 2 aromatic rings. The van der Waals surface area contributed by atoms with Crippen LogP contribution < -0.4 is 5.32 Å². The van der Waals surface area contributed by atoms with Gasteiger partial charge in [0.05, 0.1) is 0 Å². The lowest BCUT2D eigenvalue weighted by Gasteiger charge is -2.18. The minimum Gasteiger partial charge on any atom is -0.306 e. The van der Waals surface area contributed by atoms with Crippen molar-refractivity contribution in [2.45, 2.75) is 32.4 Å². The summed E-state index contributed by atoms with van der Waals surface area (Å²) in [5.74, 6) is 0. The maximum Gasteiger partial charge on any atom is 0.263 e. The Balaban J connectivity index is 2.00. The Morgan fingerprint density at radius 3 is 2.33 bits per heavy atom. The molecule has 0 bridgehead atoms. The van der Waals surface area contributed by atoms with E-state index in [0.29, 0.717) is 11.6 Å². The largest absolute Gasteiger partial charge is 0.306 e. The number of hydrogen-bond donors (Lipinski definition) is 1. The molecule has 0 radical (unpaired) electrons. The molecule has 21 heavy (non-hydrogen) atoms. The van der Waals surface area contributed by atoms with Gasteiger partial charge in [-0.25, -0.2) is 8.78 Å². The Kier molecular flexibility index (Phi) is 5.71. The number of benzene rings is 2. The Labute approximate surface area is 128 Å². The van der Waals surface area contributed by atoms with Gasteiger partial charge in [-0.1, -0.05) is 54.9 Å². The van der Waals surface area contributed by atoms with E-state index < -0.39 is 6.43 Å². The molecule has 0 aliphatic carbocycles. The third-order valence-corrected chi connectivity index (χ3v) is 3.68. The summed E-state index contributed by atoms with van der Waals surface area (Å²) in [6, 6.07) is 14.4. The zero-order chi connectivity index (χ0) is 15.2. The van der Waals surface area contributed by atoms with Crippen LogP contribution in [0, 0.1) is 0 Å². The van der Waals surface area contributed by atoms with Crippen LogP contribution in [-0.2, 0) is 6.54 Å². The van der Waals surface area contributed by atoms with Crippen LogP contribution in [-0.4, -0.2) is 0 Å². The average Bonchev–Trinajstić information content (AvgIpc) is 2.48. The van der Waals surface area contributed by atoms with E-state index in [9.17, 15) is 8.78 Å². The molecule has 4 heteroatoms. The van der Waals surface area contributed by atoms with Crippen molar-refractivity contribution in [2.24, 2.45) is 0 Å². The van der Waals surface area contributed by atoms with Gasteiger partial charge in [-0.2, -0.15) is 0 Å². The van der Waals surface area contributed by atoms with Gasteiger partial charge in [-0.15, -0.1) is 0 Å². The van der Waals surface area contributed by atoms with Crippen LogP contribution >= 0.6 is 11.6 Å². The molecule has 1 N–H and O–H groups in total. The van der Waals surface area contributed by atoms with E-state index >= 15 is 0 Å². The lowest BCUT2D eigenvalue weighted by atomic mass is 10.0. The van der Waals surface area contributed by atoms with Gasteiger partial charge in [-0.3, -0.25) is 0 Å². The van der Waals surface area contributed by atoms with Crippen LogP contribution in [0.25, 0.3) is 0 Å². The second-order valence-corrected chi connectivity index (χ2v) is 5.38. The van der Waals surface area contributed by atoms with Crippen molar-refractivity contribution in [3.63, 3.8) is 0 Å². The van der Waals surface area contributed by atoms with E-state index in [2.05, 4.69) is 12.2 Å².